The van der Waals surface area contributed by atoms with Crippen molar-refractivity contribution in [3.8, 4) is 0 Å². The fourth-order valence-corrected chi connectivity index (χ4v) is 2.33. The second-order valence-corrected chi connectivity index (χ2v) is 4.68. The number of pyridine rings is 1. The summed E-state index contributed by atoms with van der Waals surface area (Å²) in [5.41, 5.74) is 1.84. The lowest BCUT2D eigenvalue weighted by Gasteiger charge is -2.03. The van der Waals surface area contributed by atoms with Gasteiger partial charge in [-0.25, -0.2) is 0 Å². The molecule has 0 bridgehead atoms. The molecule has 0 radical (unpaired) electrons. The predicted octanol–water partition coefficient (Wildman–Crippen LogP) is 3.10. The highest BCUT2D eigenvalue weighted by atomic mass is 32.1. The number of hydrogen-bond donors (Lipinski definition) is 1. The molecule has 1 N–H and O–H groups in total. The molecule has 5 nitrogen and oxygen atoms in total. The molecule has 0 aliphatic heterocycles. The molecule has 0 atom stereocenters. The van der Waals surface area contributed by atoms with Gasteiger partial charge in [0, 0.05) is 18.9 Å². The van der Waals surface area contributed by atoms with E-state index in [1.807, 2.05) is 12.1 Å². The molecule has 2 aromatic heterocycles. The van der Waals surface area contributed by atoms with E-state index in [1.54, 1.807) is 23.8 Å². The minimum absolute atomic E-state index is 0.180. The molecule has 94 valence electrons. The fraction of sp³-hybridized carbons (Fsp3) is 0.250. The molecule has 0 aliphatic rings. The molecule has 0 unspecified atom stereocenters. The van der Waals surface area contributed by atoms with Gasteiger partial charge in [-0.05, 0) is 42.0 Å². The first-order valence-corrected chi connectivity index (χ1v) is 6.50. The van der Waals surface area contributed by atoms with Crippen molar-refractivity contribution in [2.45, 2.75) is 12.8 Å². The van der Waals surface area contributed by atoms with Crippen molar-refractivity contribution in [2.24, 2.45) is 0 Å². The Labute approximate surface area is 109 Å². The Morgan fingerprint density at radius 3 is 2.83 bits per heavy atom. The van der Waals surface area contributed by atoms with E-state index in [-0.39, 0.29) is 9.92 Å². The highest BCUT2D eigenvalue weighted by Crippen LogP contribution is 2.30. The van der Waals surface area contributed by atoms with Crippen molar-refractivity contribution in [1.82, 2.24) is 4.98 Å². The summed E-state index contributed by atoms with van der Waals surface area (Å²) in [5.74, 6) is 0. The Bertz CT molecular complexity index is 513. The number of hydrogen-bond acceptors (Lipinski definition) is 5. The van der Waals surface area contributed by atoms with Gasteiger partial charge in [0.1, 0.15) is 5.69 Å². The molecule has 0 saturated heterocycles. The molecule has 0 aliphatic carbocycles. The molecule has 0 aromatic carbocycles. The van der Waals surface area contributed by atoms with E-state index in [0.29, 0.717) is 5.69 Å². The van der Waals surface area contributed by atoms with E-state index in [1.165, 1.54) is 5.56 Å². The third-order valence-electron chi connectivity index (χ3n) is 2.52. The molecule has 2 heterocycles. The highest BCUT2D eigenvalue weighted by molar-refractivity contribution is 7.14. The first-order chi connectivity index (χ1) is 8.77. The fourth-order valence-electron chi connectivity index (χ4n) is 1.64. The Morgan fingerprint density at radius 1 is 1.33 bits per heavy atom. The highest BCUT2D eigenvalue weighted by Gasteiger charge is 2.14. The topological polar surface area (TPSA) is 68.1 Å². The summed E-state index contributed by atoms with van der Waals surface area (Å²) in [6.07, 6.45) is 5.41. The zero-order valence-corrected chi connectivity index (χ0v) is 10.5. The van der Waals surface area contributed by atoms with Crippen molar-refractivity contribution in [3.63, 3.8) is 0 Å². The largest absolute Gasteiger partial charge is 0.379 e. The number of rotatable bonds is 6. The van der Waals surface area contributed by atoms with Gasteiger partial charge in [0.05, 0.1) is 4.92 Å². The van der Waals surface area contributed by atoms with Gasteiger partial charge in [0.25, 0.3) is 0 Å². The maximum Gasteiger partial charge on any atom is 0.347 e. The predicted molar refractivity (Wildman–Crippen MR) is 72.0 cm³/mol. The van der Waals surface area contributed by atoms with Gasteiger partial charge in [-0.2, -0.15) is 0 Å². The molecule has 0 spiro atoms. The van der Waals surface area contributed by atoms with Crippen molar-refractivity contribution in [3.05, 3.63) is 51.7 Å². The number of nitrogens with zero attached hydrogens (tertiary/aromatic N) is 2. The molecule has 18 heavy (non-hydrogen) atoms. The van der Waals surface area contributed by atoms with Crippen LogP contribution < -0.4 is 5.32 Å². The summed E-state index contributed by atoms with van der Waals surface area (Å²) >= 11 is 1.14. The summed E-state index contributed by atoms with van der Waals surface area (Å²) < 4.78 is 0. The van der Waals surface area contributed by atoms with Crippen LogP contribution in [0.25, 0.3) is 0 Å². The normalized spacial score (nSPS) is 10.2. The Morgan fingerprint density at radius 2 is 2.11 bits per heavy atom. The number of thiophene rings is 1. The average Bonchev–Trinajstić information content (AvgIpc) is 2.84. The Hall–Kier alpha value is -1.95. The van der Waals surface area contributed by atoms with Gasteiger partial charge >= 0.3 is 5.00 Å². The van der Waals surface area contributed by atoms with Gasteiger partial charge in [-0.3, -0.25) is 15.1 Å². The quantitative estimate of drug-likeness (QED) is 0.494. The van der Waals surface area contributed by atoms with Crippen LogP contribution in [0.15, 0.2) is 36.0 Å². The van der Waals surface area contributed by atoms with Crippen LogP contribution in [0, 0.1) is 10.1 Å². The second kappa shape index (κ2) is 6.11. The average molecular weight is 263 g/mol. The van der Waals surface area contributed by atoms with Gasteiger partial charge in [-0.15, -0.1) is 0 Å². The third-order valence-corrected chi connectivity index (χ3v) is 3.38. The number of nitrogens with one attached hydrogen (secondary N) is 1. The van der Waals surface area contributed by atoms with Gasteiger partial charge in [0.2, 0.25) is 0 Å². The minimum atomic E-state index is -0.351. The van der Waals surface area contributed by atoms with Crippen LogP contribution in [0.2, 0.25) is 0 Å². The van der Waals surface area contributed by atoms with Crippen LogP contribution in [0.5, 0.6) is 0 Å². The monoisotopic (exact) mass is 263 g/mol. The van der Waals surface area contributed by atoms with E-state index >= 15 is 0 Å². The lowest BCUT2D eigenvalue weighted by Crippen LogP contribution is -2.03. The number of anilines is 1. The molecular formula is C12H13N3O2S. The second-order valence-electron chi connectivity index (χ2n) is 3.78. The van der Waals surface area contributed by atoms with Crippen molar-refractivity contribution < 1.29 is 4.92 Å². The van der Waals surface area contributed by atoms with E-state index < -0.39 is 0 Å². The summed E-state index contributed by atoms with van der Waals surface area (Å²) in [6, 6.07) is 5.70. The van der Waals surface area contributed by atoms with Crippen LogP contribution >= 0.6 is 11.3 Å². The molecule has 2 aromatic rings. The van der Waals surface area contributed by atoms with Crippen molar-refractivity contribution in [2.75, 3.05) is 11.9 Å². The van der Waals surface area contributed by atoms with E-state index in [2.05, 4.69) is 10.3 Å². The van der Waals surface area contributed by atoms with Crippen LogP contribution in [-0.2, 0) is 6.42 Å². The Kier molecular flexibility index (Phi) is 4.25. The molecule has 2 rings (SSSR count). The molecule has 0 amide bonds. The van der Waals surface area contributed by atoms with Crippen LogP contribution in [0.1, 0.15) is 12.0 Å². The maximum atomic E-state index is 10.7. The lowest BCUT2D eigenvalue weighted by molar-refractivity contribution is -0.379. The number of aryl methyl sites for hydroxylation is 1. The molecular weight excluding hydrogens is 250 g/mol. The van der Waals surface area contributed by atoms with Gasteiger partial charge < -0.3 is 5.32 Å². The smallest absolute Gasteiger partial charge is 0.347 e. The van der Waals surface area contributed by atoms with Crippen molar-refractivity contribution in [1.29, 1.82) is 0 Å². The zero-order valence-electron chi connectivity index (χ0n) is 9.70. The summed E-state index contributed by atoms with van der Waals surface area (Å²) in [6.45, 7) is 0.722. The summed E-state index contributed by atoms with van der Waals surface area (Å²) in [4.78, 5) is 14.3. The van der Waals surface area contributed by atoms with E-state index in [0.717, 1.165) is 30.7 Å². The van der Waals surface area contributed by atoms with Crippen LogP contribution in [-0.4, -0.2) is 16.5 Å². The first kappa shape index (κ1) is 12.5. The zero-order chi connectivity index (χ0) is 12.8. The van der Waals surface area contributed by atoms with Gasteiger partial charge in [-0.1, -0.05) is 11.3 Å². The third kappa shape index (κ3) is 3.27. The molecule has 0 fully saturated rings. The minimum Gasteiger partial charge on any atom is -0.379 e. The van der Waals surface area contributed by atoms with Gasteiger partial charge in [0.15, 0.2) is 0 Å². The van der Waals surface area contributed by atoms with E-state index in [4.69, 9.17) is 0 Å². The van der Waals surface area contributed by atoms with E-state index in [9.17, 15) is 10.1 Å². The summed E-state index contributed by atoms with van der Waals surface area (Å²) in [7, 11) is 0. The summed E-state index contributed by atoms with van der Waals surface area (Å²) in [5, 5.41) is 15.7. The van der Waals surface area contributed by atoms with Crippen LogP contribution in [0.4, 0.5) is 10.7 Å². The number of aromatic nitrogens is 1. The molecule has 0 saturated carbocycles. The molecule has 6 heteroatoms. The Balaban J connectivity index is 1.79. The first-order valence-electron chi connectivity index (χ1n) is 5.62. The SMILES string of the molecule is O=[N+]([O-])c1sccc1NCCCc1ccncc1. The standard InChI is InChI=1S/C12H13N3O2S/c16-15(17)12-11(5-9-18-12)14-6-1-2-10-3-7-13-8-4-10/h3-5,7-9,14H,1-2,6H2. The van der Waals surface area contributed by atoms with Crippen LogP contribution in [0.3, 0.4) is 0 Å². The maximum absolute atomic E-state index is 10.7. The lowest BCUT2D eigenvalue weighted by atomic mass is 10.1. The van der Waals surface area contributed by atoms with Crippen molar-refractivity contribution >= 4 is 22.0 Å². The number of nitro groups is 1.